The minimum Gasteiger partial charge on any atom is -0.381 e. The Morgan fingerprint density at radius 2 is 2.00 bits per heavy atom. The molecule has 0 radical (unpaired) electrons. The normalized spacial score (nSPS) is 10.1. The first-order valence-corrected chi connectivity index (χ1v) is 5.30. The van der Waals surface area contributed by atoms with Gasteiger partial charge in [0.1, 0.15) is 0 Å². The van der Waals surface area contributed by atoms with Gasteiger partial charge in [-0.25, -0.2) is 0 Å². The molecule has 2 aromatic rings. The Balaban J connectivity index is 1.99. The van der Waals surface area contributed by atoms with Crippen LogP contribution in [0.3, 0.4) is 0 Å². The van der Waals surface area contributed by atoms with Crippen molar-refractivity contribution < 1.29 is 0 Å². The largest absolute Gasteiger partial charge is 0.381 e. The number of aromatic nitrogens is 1. The molecule has 0 fully saturated rings. The highest BCUT2D eigenvalue weighted by Gasteiger charge is 1.95. The topological polar surface area (TPSA) is 50.9 Å². The Morgan fingerprint density at radius 1 is 1.12 bits per heavy atom. The van der Waals surface area contributed by atoms with Gasteiger partial charge in [0, 0.05) is 31.2 Å². The zero-order chi connectivity index (χ0) is 11.2. The van der Waals surface area contributed by atoms with E-state index in [0.29, 0.717) is 6.54 Å². The van der Waals surface area contributed by atoms with Gasteiger partial charge in [-0.2, -0.15) is 0 Å². The standard InChI is InChI=1S/C13H15N3/c14-8-11-3-1-5-13(7-11)16-10-12-4-2-6-15-9-12/h1-7,9,16H,8,10,14H2. The summed E-state index contributed by atoms with van der Waals surface area (Å²) in [5.74, 6) is 0. The second-order valence-corrected chi connectivity index (χ2v) is 3.62. The molecule has 3 heteroatoms. The van der Waals surface area contributed by atoms with Crippen molar-refractivity contribution >= 4 is 5.69 Å². The Hall–Kier alpha value is -1.87. The van der Waals surface area contributed by atoms with Gasteiger partial charge in [-0.15, -0.1) is 0 Å². The predicted molar refractivity (Wildman–Crippen MR) is 65.9 cm³/mol. The van der Waals surface area contributed by atoms with Gasteiger partial charge >= 0.3 is 0 Å². The smallest absolute Gasteiger partial charge is 0.0416 e. The lowest BCUT2D eigenvalue weighted by molar-refractivity contribution is 1.06. The predicted octanol–water partition coefficient (Wildman–Crippen LogP) is 2.15. The average Bonchev–Trinajstić information content (AvgIpc) is 2.38. The van der Waals surface area contributed by atoms with Crippen molar-refractivity contribution in [2.24, 2.45) is 5.73 Å². The van der Waals surface area contributed by atoms with Crippen molar-refractivity contribution in [3.63, 3.8) is 0 Å². The molecule has 0 saturated heterocycles. The number of pyridine rings is 1. The second-order valence-electron chi connectivity index (χ2n) is 3.62. The minimum atomic E-state index is 0.572. The van der Waals surface area contributed by atoms with Crippen LogP contribution in [0.1, 0.15) is 11.1 Å². The van der Waals surface area contributed by atoms with E-state index >= 15 is 0 Å². The van der Waals surface area contributed by atoms with Crippen LogP contribution in [0.2, 0.25) is 0 Å². The maximum Gasteiger partial charge on any atom is 0.0416 e. The van der Waals surface area contributed by atoms with Crippen molar-refractivity contribution in [1.82, 2.24) is 4.98 Å². The van der Waals surface area contributed by atoms with E-state index in [9.17, 15) is 0 Å². The molecule has 0 spiro atoms. The summed E-state index contributed by atoms with van der Waals surface area (Å²) in [6, 6.07) is 12.1. The number of nitrogens with zero attached hydrogens (tertiary/aromatic N) is 1. The third-order valence-electron chi connectivity index (χ3n) is 2.38. The van der Waals surface area contributed by atoms with Crippen molar-refractivity contribution in [2.45, 2.75) is 13.1 Å². The summed E-state index contributed by atoms with van der Waals surface area (Å²) in [5, 5.41) is 3.34. The molecule has 82 valence electrons. The molecule has 0 aliphatic rings. The molecule has 0 aliphatic heterocycles. The number of anilines is 1. The molecule has 3 nitrogen and oxygen atoms in total. The van der Waals surface area contributed by atoms with Crippen LogP contribution in [0, 0.1) is 0 Å². The van der Waals surface area contributed by atoms with E-state index in [0.717, 1.165) is 17.8 Å². The summed E-state index contributed by atoms with van der Waals surface area (Å²) < 4.78 is 0. The lowest BCUT2D eigenvalue weighted by atomic mass is 10.2. The van der Waals surface area contributed by atoms with Gasteiger partial charge in [-0.05, 0) is 29.3 Å². The maximum atomic E-state index is 5.59. The van der Waals surface area contributed by atoms with Crippen LogP contribution in [0.25, 0.3) is 0 Å². The molecule has 1 aromatic heterocycles. The number of hydrogen-bond donors (Lipinski definition) is 2. The van der Waals surface area contributed by atoms with E-state index in [1.54, 1.807) is 6.20 Å². The summed E-state index contributed by atoms with van der Waals surface area (Å²) in [7, 11) is 0. The lowest BCUT2D eigenvalue weighted by Gasteiger charge is -2.07. The second kappa shape index (κ2) is 5.28. The van der Waals surface area contributed by atoms with Crippen LogP contribution in [-0.2, 0) is 13.1 Å². The van der Waals surface area contributed by atoms with Crippen LogP contribution >= 0.6 is 0 Å². The van der Waals surface area contributed by atoms with Crippen molar-refractivity contribution in [2.75, 3.05) is 5.32 Å². The highest BCUT2D eigenvalue weighted by Crippen LogP contribution is 2.11. The highest BCUT2D eigenvalue weighted by atomic mass is 14.9. The molecule has 2 rings (SSSR count). The molecule has 0 atom stereocenters. The summed E-state index contributed by atoms with van der Waals surface area (Å²) >= 11 is 0. The molecular formula is C13H15N3. The van der Waals surface area contributed by atoms with Crippen molar-refractivity contribution in [1.29, 1.82) is 0 Å². The molecule has 3 N–H and O–H groups in total. The summed E-state index contributed by atoms with van der Waals surface area (Å²) in [6.45, 7) is 1.35. The van der Waals surface area contributed by atoms with E-state index in [2.05, 4.69) is 16.4 Å². The average molecular weight is 213 g/mol. The summed E-state index contributed by atoms with van der Waals surface area (Å²) in [4.78, 5) is 4.07. The summed E-state index contributed by atoms with van der Waals surface area (Å²) in [6.07, 6.45) is 3.64. The quantitative estimate of drug-likeness (QED) is 0.818. The number of benzene rings is 1. The number of nitrogens with one attached hydrogen (secondary N) is 1. The van der Waals surface area contributed by atoms with E-state index in [1.807, 2.05) is 36.5 Å². The van der Waals surface area contributed by atoms with E-state index in [4.69, 9.17) is 5.73 Å². The highest BCUT2D eigenvalue weighted by molar-refractivity contribution is 5.46. The van der Waals surface area contributed by atoms with Crippen LogP contribution in [0.15, 0.2) is 48.8 Å². The van der Waals surface area contributed by atoms with Crippen molar-refractivity contribution in [3.8, 4) is 0 Å². The molecule has 0 saturated carbocycles. The zero-order valence-corrected chi connectivity index (χ0v) is 9.06. The fraction of sp³-hybridized carbons (Fsp3) is 0.154. The Morgan fingerprint density at radius 3 is 2.75 bits per heavy atom. The van der Waals surface area contributed by atoms with E-state index in [1.165, 1.54) is 5.56 Å². The number of rotatable bonds is 4. The fourth-order valence-electron chi connectivity index (χ4n) is 1.52. The number of hydrogen-bond acceptors (Lipinski definition) is 3. The summed E-state index contributed by atoms with van der Waals surface area (Å²) in [5.41, 5.74) is 8.98. The Bertz CT molecular complexity index is 440. The molecule has 16 heavy (non-hydrogen) atoms. The minimum absolute atomic E-state index is 0.572. The number of nitrogens with two attached hydrogens (primary N) is 1. The van der Waals surface area contributed by atoms with Gasteiger partial charge in [-0.1, -0.05) is 18.2 Å². The monoisotopic (exact) mass is 213 g/mol. The van der Waals surface area contributed by atoms with Gasteiger partial charge in [0.15, 0.2) is 0 Å². The van der Waals surface area contributed by atoms with Gasteiger partial charge in [0.25, 0.3) is 0 Å². The van der Waals surface area contributed by atoms with E-state index in [-0.39, 0.29) is 0 Å². The Labute approximate surface area is 95.3 Å². The zero-order valence-electron chi connectivity index (χ0n) is 9.06. The molecule has 1 heterocycles. The molecule has 1 aromatic carbocycles. The van der Waals surface area contributed by atoms with Gasteiger partial charge in [-0.3, -0.25) is 4.98 Å². The molecule has 0 amide bonds. The fourth-order valence-corrected chi connectivity index (χ4v) is 1.52. The maximum absolute atomic E-state index is 5.59. The lowest BCUT2D eigenvalue weighted by Crippen LogP contribution is -2.01. The molecular weight excluding hydrogens is 198 g/mol. The van der Waals surface area contributed by atoms with Crippen LogP contribution in [-0.4, -0.2) is 4.98 Å². The SMILES string of the molecule is NCc1cccc(NCc2cccnc2)c1. The molecule has 0 aliphatic carbocycles. The van der Waals surface area contributed by atoms with E-state index < -0.39 is 0 Å². The Kier molecular flexibility index (Phi) is 3.51. The van der Waals surface area contributed by atoms with Crippen LogP contribution in [0.4, 0.5) is 5.69 Å². The third kappa shape index (κ3) is 2.81. The van der Waals surface area contributed by atoms with Crippen molar-refractivity contribution in [3.05, 3.63) is 59.9 Å². The molecule has 0 bridgehead atoms. The first-order valence-electron chi connectivity index (χ1n) is 5.30. The van der Waals surface area contributed by atoms with Gasteiger partial charge in [0.05, 0.1) is 0 Å². The third-order valence-corrected chi connectivity index (χ3v) is 2.38. The van der Waals surface area contributed by atoms with Crippen LogP contribution < -0.4 is 11.1 Å². The first kappa shape index (κ1) is 10.6. The van der Waals surface area contributed by atoms with Gasteiger partial charge in [0.2, 0.25) is 0 Å². The van der Waals surface area contributed by atoms with Gasteiger partial charge < -0.3 is 11.1 Å². The molecule has 0 unspecified atom stereocenters. The van der Waals surface area contributed by atoms with Crippen LogP contribution in [0.5, 0.6) is 0 Å². The first-order chi connectivity index (χ1) is 7.88.